The number of nitrogens with one attached hydrogen (secondary N) is 1. The van der Waals surface area contributed by atoms with E-state index in [-0.39, 0.29) is 12.5 Å². The van der Waals surface area contributed by atoms with Gasteiger partial charge in [0.15, 0.2) is 0 Å². The second-order valence-electron chi connectivity index (χ2n) is 5.19. The number of carbonyl (C=O) groups is 2. The number of carboxylic acids is 1. The lowest BCUT2D eigenvalue weighted by atomic mass is 9.99. The summed E-state index contributed by atoms with van der Waals surface area (Å²) in [6, 6.07) is -0.103. The van der Waals surface area contributed by atoms with Crippen LogP contribution >= 0.6 is 0 Å². The molecule has 0 aromatic heterocycles. The van der Waals surface area contributed by atoms with Crippen molar-refractivity contribution in [2.24, 2.45) is 0 Å². The molecule has 0 fully saturated rings. The lowest BCUT2D eigenvalue weighted by molar-refractivity contribution is -0.137. The van der Waals surface area contributed by atoms with Crippen LogP contribution in [-0.2, 0) is 4.79 Å². The topological polar surface area (TPSA) is 69.6 Å². The lowest BCUT2D eigenvalue weighted by Crippen LogP contribution is -2.50. The molecule has 5 nitrogen and oxygen atoms in total. The summed E-state index contributed by atoms with van der Waals surface area (Å²) in [6.07, 6.45) is 2.33. The molecular weight excluding hydrogens is 232 g/mol. The Morgan fingerprint density at radius 2 is 1.67 bits per heavy atom. The first-order valence-electron chi connectivity index (χ1n) is 6.61. The van der Waals surface area contributed by atoms with Gasteiger partial charge in [0.2, 0.25) is 0 Å². The smallest absolute Gasteiger partial charge is 0.317 e. The summed E-state index contributed by atoms with van der Waals surface area (Å²) in [6.45, 7) is 9.23. The number of urea groups is 1. The zero-order valence-electron chi connectivity index (χ0n) is 12.0. The Bertz CT molecular complexity index is 271. The second-order valence-corrected chi connectivity index (χ2v) is 5.19. The molecular formula is C13H26N2O3. The van der Waals surface area contributed by atoms with Gasteiger partial charge in [0.25, 0.3) is 0 Å². The summed E-state index contributed by atoms with van der Waals surface area (Å²) in [7, 11) is 0. The third-order valence-corrected chi connectivity index (χ3v) is 2.68. The molecule has 0 aliphatic rings. The van der Waals surface area contributed by atoms with E-state index in [4.69, 9.17) is 5.11 Å². The minimum absolute atomic E-state index is 0.0643. The number of rotatable bonds is 8. The van der Waals surface area contributed by atoms with Crippen LogP contribution in [0.15, 0.2) is 0 Å². The van der Waals surface area contributed by atoms with Crippen molar-refractivity contribution < 1.29 is 14.7 Å². The Hall–Kier alpha value is -1.26. The van der Waals surface area contributed by atoms with Crippen LogP contribution in [0.25, 0.3) is 0 Å². The van der Waals surface area contributed by atoms with Crippen molar-refractivity contribution in [1.82, 2.24) is 10.2 Å². The average molecular weight is 258 g/mol. The minimum atomic E-state index is -0.837. The molecule has 0 saturated heterocycles. The van der Waals surface area contributed by atoms with Crippen LogP contribution in [-0.4, -0.2) is 40.6 Å². The molecule has 0 bridgehead atoms. The fourth-order valence-electron chi connectivity index (χ4n) is 1.71. The fourth-order valence-corrected chi connectivity index (χ4v) is 1.71. The number of carboxylic acid groups (broad SMARTS) is 1. The highest BCUT2D eigenvalue weighted by Gasteiger charge is 2.23. The summed E-state index contributed by atoms with van der Waals surface area (Å²) < 4.78 is 0. The average Bonchev–Trinajstić information content (AvgIpc) is 2.25. The van der Waals surface area contributed by atoms with Gasteiger partial charge in [0.05, 0.1) is 0 Å². The molecule has 0 aromatic rings. The summed E-state index contributed by atoms with van der Waals surface area (Å²) in [5, 5.41) is 11.6. The number of nitrogens with zero attached hydrogens (tertiary/aromatic N) is 1. The van der Waals surface area contributed by atoms with Gasteiger partial charge < -0.3 is 15.3 Å². The Morgan fingerprint density at radius 3 is 2.06 bits per heavy atom. The van der Waals surface area contributed by atoms with Crippen molar-refractivity contribution >= 4 is 12.0 Å². The zero-order valence-corrected chi connectivity index (χ0v) is 12.0. The molecule has 0 unspecified atom stereocenters. The maximum Gasteiger partial charge on any atom is 0.317 e. The van der Waals surface area contributed by atoms with E-state index < -0.39 is 11.5 Å². The van der Waals surface area contributed by atoms with Gasteiger partial charge in [-0.25, -0.2) is 4.79 Å². The number of aliphatic carboxylic acids is 1. The highest BCUT2D eigenvalue weighted by molar-refractivity contribution is 5.75. The van der Waals surface area contributed by atoms with E-state index in [1.165, 1.54) is 0 Å². The van der Waals surface area contributed by atoms with Crippen molar-refractivity contribution in [3.63, 3.8) is 0 Å². The third-order valence-electron chi connectivity index (χ3n) is 2.68. The summed E-state index contributed by atoms with van der Waals surface area (Å²) in [5.74, 6) is -0.837. The van der Waals surface area contributed by atoms with Crippen LogP contribution < -0.4 is 5.32 Å². The summed E-state index contributed by atoms with van der Waals surface area (Å²) >= 11 is 0. The van der Waals surface area contributed by atoms with Gasteiger partial charge in [0.1, 0.15) is 0 Å². The molecule has 106 valence electrons. The van der Waals surface area contributed by atoms with Crippen molar-refractivity contribution in [2.45, 2.75) is 58.9 Å². The van der Waals surface area contributed by atoms with Crippen LogP contribution in [0.2, 0.25) is 0 Å². The summed E-state index contributed by atoms with van der Waals surface area (Å²) in [5.41, 5.74) is -0.491. The van der Waals surface area contributed by atoms with E-state index in [1.807, 2.05) is 27.7 Å². The molecule has 2 N–H and O–H groups in total. The second kappa shape index (κ2) is 7.95. The van der Waals surface area contributed by atoms with Crippen LogP contribution in [0.5, 0.6) is 0 Å². The van der Waals surface area contributed by atoms with Gasteiger partial charge in [0, 0.05) is 25.0 Å². The Balaban J connectivity index is 4.35. The number of amides is 2. The Labute approximate surface area is 110 Å². The number of hydrogen-bond acceptors (Lipinski definition) is 2. The lowest BCUT2D eigenvalue weighted by Gasteiger charge is -2.30. The molecule has 0 aliphatic carbocycles. The van der Waals surface area contributed by atoms with Crippen LogP contribution in [0.3, 0.4) is 0 Å². The largest absolute Gasteiger partial charge is 0.481 e. The number of carbonyl (C=O) groups excluding carboxylic acids is 1. The maximum absolute atomic E-state index is 12.1. The zero-order chi connectivity index (χ0) is 14.2. The molecule has 18 heavy (non-hydrogen) atoms. The molecule has 0 saturated carbocycles. The van der Waals surface area contributed by atoms with Gasteiger partial charge in [-0.1, -0.05) is 13.8 Å². The molecule has 0 atom stereocenters. The molecule has 0 aliphatic heterocycles. The first-order valence-corrected chi connectivity index (χ1v) is 6.61. The van der Waals surface area contributed by atoms with Gasteiger partial charge in [-0.3, -0.25) is 4.79 Å². The van der Waals surface area contributed by atoms with E-state index >= 15 is 0 Å². The normalized spacial score (nSPS) is 11.1. The molecule has 0 aromatic carbocycles. The van der Waals surface area contributed by atoms with Crippen molar-refractivity contribution in [1.29, 1.82) is 0 Å². The van der Waals surface area contributed by atoms with Crippen molar-refractivity contribution in [2.75, 3.05) is 13.1 Å². The molecule has 0 spiro atoms. The molecule has 5 heteroatoms. The van der Waals surface area contributed by atoms with Gasteiger partial charge in [-0.2, -0.15) is 0 Å². The van der Waals surface area contributed by atoms with Crippen molar-refractivity contribution in [3.8, 4) is 0 Å². The third kappa shape index (κ3) is 7.14. The number of hydrogen-bond donors (Lipinski definition) is 2. The van der Waals surface area contributed by atoms with E-state index in [2.05, 4.69) is 5.32 Å². The van der Waals surface area contributed by atoms with Crippen LogP contribution in [0.4, 0.5) is 4.79 Å². The monoisotopic (exact) mass is 258 g/mol. The predicted octanol–water partition coefficient (Wildman–Crippen LogP) is 2.46. The SMILES string of the molecule is CCCN(CCC)C(=O)NC(C)(C)CCC(=O)O. The predicted molar refractivity (Wildman–Crippen MR) is 71.6 cm³/mol. The van der Waals surface area contributed by atoms with E-state index in [0.29, 0.717) is 6.42 Å². The Morgan fingerprint density at radius 1 is 1.17 bits per heavy atom. The minimum Gasteiger partial charge on any atom is -0.481 e. The van der Waals surface area contributed by atoms with Crippen LogP contribution in [0, 0.1) is 0 Å². The van der Waals surface area contributed by atoms with Gasteiger partial charge in [-0.15, -0.1) is 0 Å². The molecule has 0 radical (unpaired) electrons. The molecule has 0 rings (SSSR count). The van der Waals surface area contributed by atoms with Gasteiger partial charge >= 0.3 is 12.0 Å². The first-order chi connectivity index (χ1) is 8.32. The molecule has 2 amide bonds. The van der Waals surface area contributed by atoms with E-state index in [0.717, 1.165) is 25.9 Å². The van der Waals surface area contributed by atoms with E-state index in [9.17, 15) is 9.59 Å². The standard InChI is InChI=1S/C13H26N2O3/c1-5-9-15(10-6-2)12(18)14-13(3,4)8-7-11(16)17/h5-10H2,1-4H3,(H,14,18)(H,16,17). The fraction of sp³-hybridized carbons (Fsp3) is 0.846. The van der Waals surface area contributed by atoms with Crippen LogP contribution in [0.1, 0.15) is 53.4 Å². The van der Waals surface area contributed by atoms with E-state index in [1.54, 1.807) is 4.90 Å². The first kappa shape index (κ1) is 16.7. The van der Waals surface area contributed by atoms with Gasteiger partial charge in [-0.05, 0) is 33.1 Å². The highest BCUT2D eigenvalue weighted by Crippen LogP contribution is 2.12. The summed E-state index contributed by atoms with van der Waals surface area (Å²) in [4.78, 5) is 24.4. The maximum atomic E-state index is 12.1. The van der Waals surface area contributed by atoms with Crippen molar-refractivity contribution in [3.05, 3.63) is 0 Å². The molecule has 0 heterocycles. The highest BCUT2D eigenvalue weighted by atomic mass is 16.4. The Kier molecular flexibility index (Phi) is 7.39. The quantitative estimate of drug-likeness (QED) is 0.702.